The van der Waals surface area contributed by atoms with Crippen LogP contribution < -0.4 is 5.73 Å². The van der Waals surface area contributed by atoms with Crippen LogP contribution in [0.25, 0.3) is 11.4 Å². The molecule has 2 aromatic rings. The summed E-state index contributed by atoms with van der Waals surface area (Å²) in [6.45, 7) is 0.458. The molecule has 0 aliphatic carbocycles. The van der Waals surface area contributed by atoms with Gasteiger partial charge in [-0.25, -0.2) is 0 Å². The van der Waals surface area contributed by atoms with Gasteiger partial charge >= 0.3 is 0 Å². The number of aromatic nitrogens is 4. The van der Waals surface area contributed by atoms with Crippen LogP contribution in [0.4, 0.5) is 0 Å². The summed E-state index contributed by atoms with van der Waals surface area (Å²) in [5.74, 6) is 0. The van der Waals surface area contributed by atoms with Gasteiger partial charge in [-0.3, -0.25) is 14.6 Å². The summed E-state index contributed by atoms with van der Waals surface area (Å²) in [5.41, 5.74) is 8.15. The molecular weight excluding hydrogens is 178 g/mol. The second-order valence-electron chi connectivity index (χ2n) is 2.97. The molecule has 5 nitrogen and oxygen atoms in total. The predicted molar refractivity (Wildman–Crippen MR) is 52.1 cm³/mol. The van der Waals surface area contributed by atoms with Gasteiger partial charge in [0.05, 0.1) is 6.20 Å². The zero-order valence-electron chi connectivity index (χ0n) is 7.88. The van der Waals surface area contributed by atoms with E-state index in [0.29, 0.717) is 6.54 Å². The van der Waals surface area contributed by atoms with Crippen LogP contribution in [0, 0.1) is 0 Å². The molecule has 2 heterocycles. The van der Waals surface area contributed by atoms with E-state index in [1.807, 2.05) is 13.2 Å². The van der Waals surface area contributed by atoms with Crippen molar-refractivity contribution in [1.82, 2.24) is 19.7 Å². The number of rotatable bonds is 2. The first-order valence-electron chi connectivity index (χ1n) is 4.30. The number of nitrogens with zero attached hydrogens (tertiary/aromatic N) is 4. The van der Waals surface area contributed by atoms with E-state index in [2.05, 4.69) is 15.1 Å². The van der Waals surface area contributed by atoms with Gasteiger partial charge in [-0.1, -0.05) is 0 Å². The number of nitrogens with two attached hydrogens (primary N) is 1. The average Bonchev–Trinajstić information content (AvgIpc) is 2.61. The van der Waals surface area contributed by atoms with E-state index in [1.165, 1.54) is 0 Å². The van der Waals surface area contributed by atoms with Crippen molar-refractivity contribution in [2.45, 2.75) is 6.54 Å². The zero-order chi connectivity index (χ0) is 9.97. The molecule has 2 rings (SSSR count). The molecule has 0 saturated heterocycles. The Balaban J connectivity index is 2.51. The van der Waals surface area contributed by atoms with Crippen LogP contribution in [-0.4, -0.2) is 19.7 Å². The van der Waals surface area contributed by atoms with Gasteiger partial charge in [-0.05, 0) is 0 Å². The first-order chi connectivity index (χ1) is 6.81. The van der Waals surface area contributed by atoms with Gasteiger partial charge in [-0.15, -0.1) is 0 Å². The number of hydrogen-bond donors (Lipinski definition) is 1. The lowest BCUT2D eigenvalue weighted by Crippen LogP contribution is -1.97. The van der Waals surface area contributed by atoms with Crippen LogP contribution in [-0.2, 0) is 13.6 Å². The SMILES string of the molecule is Cn1cc(CN)c(-c2cnccn2)n1. The quantitative estimate of drug-likeness (QED) is 0.739. The monoisotopic (exact) mass is 189 g/mol. The molecule has 2 aromatic heterocycles. The maximum absolute atomic E-state index is 5.60. The molecule has 0 aromatic carbocycles. The van der Waals surface area contributed by atoms with Gasteiger partial charge in [-0.2, -0.15) is 5.10 Å². The Hall–Kier alpha value is -1.75. The van der Waals surface area contributed by atoms with Crippen LogP contribution in [0.15, 0.2) is 24.8 Å². The van der Waals surface area contributed by atoms with Crippen LogP contribution in [0.5, 0.6) is 0 Å². The second kappa shape index (κ2) is 3.55. The summed E-state index contributed by atoms with van der Waals surface area (Å²) >= 11 is 0. The summed E-state index contributed by atoms with van der Waals surface area (Å²) in [6.07, 6.45) is 6.85. The van der Waals surface area contributed by atoms with Crippen molar-refractivity contribution in [3.63, 3.8) is 0 Å². The van der Waals surface area contributed by atoms with Crippen molar-refractivity contribution < 1.29 is 0 Å². The van der Waals surface area contributed by atoms with E-state index >= 15 is 0 Å². The Morgan fingerprint density at radius 3 is 2.93 bits per heavy atom. The Morgan fingerprint density at radius 2 is 2.29 bits per heavy atom. The third-order valence-corrected chi connectivity index (χ3v) is 1.93. The molecule has 0 aliphatic rings. The van der Waals surface area contributed by atoms with E-state index in [9.17, 15) is 0 Å². The molecule has 0 radical (unpaired) electrons. The summed E-state index contributed by atoms with van der Waals surface area (Å²) in [6, 6.07) is 0. The molecule has 0 amide bonds. The zero-order valence-corrected chi connectivity index (χ0v) is 7.88. The average molecular weight is 189 g/mol. The highest BCUT2D eigenvalue weighted by Crippen LogP contribution is 2.17. The first kappa shape index (κ1) is 8.83. The Morgan fingerprint density at radius 1 is 1.43 bits per heavy atom. The molecule has 0 unspecified atom stereocenters. The summed E-state index contributed by atoms with van der Waals surface area (Å²) in [4.78, 5) is 8.17. The Labute approximate surface area is 81.6 Å². The van der Waals surface area contributed by atoms with Gasteiger partial charge in [0.15, 0.2) is 0 Å². The van der Waals surface area contributed by atoms with Gasteiger partial charge in [0, 0.05) is 37.7 Å². The molecule has 0 atom stereocenters. The van der Waals surface area contributed by atoms with E-state index in [-0.39, 0.29) is 0 Å². The highest BCUT2D eigenvalue weighted by atomic mass is 15.3. The minimum Gasteiger partial charge on any atom is -0.326 e. The lowest BCUT2D eigenvalue weighted by atomic mass is 10.2. The normalized spacial score (nSPS) is 10.4. The maximum Gasteiger partial charge on any atom is 0.117 e. The summed E-state index contributed by atoms with van der Waals surface area (Å²) < 4.78 is 1.73. The van der Waals surface area contributed by atoms with Crippen molar-refractivity contribution in [3.8, 4) is 11.4 Å². The van der Waals surface area contributed by atoms with Crippen molar-refractivity contribution in [1.29, 1.82) is 0 Å². The van der Waals surface area contributed by atoms with Crippen LogP contribution >= 0.6 is 0 Å². The fourth-order valence-electron chi connectivity index (χ4n) is 1.32. The minimum atomic E-state index is 0.458. The largest absolute Gasteiger partial charge is 0.326 e. The highest BCUT2D eigenvalue weighted by molar-refractivity contribution is 5.56. The first-order valence-corrected chi connectivity index (χ1v) is 4.30. The molecule has 0 bridgehead atoms. The fourth-order valence-corrected chi connectivity index (χ4v) is 1.32. The molecule has 5 heteroatoms. The fraction of sp³-hybridized carbons (Fsp3) is 0.222. The van der Waals surface area contributed by atoms with Gasteiger partial charge in [0.2, 0.25) is 0 Å². The summed E-state index contributed by atoms with van der Waals surface area (Å²) in [7, 11) is 1.86. The molecule has 0 fully saturated rings. The number of hydrogen-bond acceptors (Lipinski definition) is 4. The molecule has 0 spiro atoms. The van der Waals surface area contributed by atoms with Crippen molar-refractivity contribution in [2.24, 2.45) is 12.8 Å². The smallest absolute Gasteiger partial charge is 0.117 e. The maximum atomic E-state index is 5.60. The molecule has 0 aliphatic heterocycles. The van der Waals surface area contributed by atoms with Crippen molar-refractivity contribution in [3.05, 3.63) is 30.4 Å². The highest BCUT2D eigenvalue weighted by Gasteiger charge is 2.09. The van der Waals surface area contributed by atoms with E-state index in [1.54, 1.807) is 23.3 Å². The van der Waals surface area contributed by atoms with E-state index in [0.717, 1.165) is 17.0 Å². The third-order valence-electron chi connectivity index (χ3n) is 1.93. The third kappa shape index (κ3) is 1.49. The molecular formula is C9H11N5. The lowest BCUT2D eigenvalue weighted by molar-refractivity contribution is 0.768. The van der Waals surface area contributed by atoms with Crippen LogP contribution in [0.3, 0.4) is 0 Å². The molecule has 14 heavy (non-hydrogen) atoms. The van der Waals surface area contributed by atoms with Gasteiger partial charge < -0.3 is 5.73 Å². The van der Waals surface area contributed by atoms with Crippen molar-refractivity contribution >= 4 is 0 Å². The van der Waals surface area contributed by atoms with Gasteiger partial charge in [0.25, 0.3) is 0 Å². The van der Waals surface area contributed by atoms with E-state index in [4.69, 9.17) is 5.73 Å². The van der Waals surface area contributed by atoms with Gasteiger partial charge in [0.1, 0.15) is 11.4 Å². The van der Waals surface area contributed by atoms with Crippen molar-refractivity contribution in [2.75, 3.05) is 0 Å². The molecule has 72 valence electrons. The van der Waals surface area contributed by atoms with Crippen LogP contribution in [0.2, 0.25) is 0 Å². The molecule has 0 saturated carbocycles. The lowest BCUT2D eigenvalue weighted by Gasteiger charge is -1.96. The van der Waals surface area contributed by atoms with E-state index < -0.39 is 0 Å². The van der Waals surface area contributed by atoms with Crippen LogP contribution in [0.1, 0.15) is 5.56 Å². The minimum absolute atomic E-state index is 0.458. The molecule has 2 N–H and O–H groups in total. The Bertz CT molecular complexity index is 420. The second-order valence-corrected chi connectivity index (χ2v) is 2.97. The topological polar surface area (TPSA) is 69.6 Å². The summed E-state index contributed by atoms with van der Waals surface area (Å²) in [5, 5.41) is 4.29. The number of aryl methyl sites for hydroxylation is 1. The predicted octanol–water partition coefficient (Wildman–Crippen LogP) is 0.336. The Kier molecular flexibility index (Phi) is 2.24. The standard InChI is InChI=1S/C9H11N5/c1-14-6-7(4-10)9(13-14)8-5-11-2-3-12-8/h2-3,5-6H,4,10H2,1H3.